The molecule has 1 amide bonds. The number of benzene rings is 1. The smallest absolute Gasteiger partial charge is 0.229 e. The minimum absolute atomic E-state index is 0.0286. The number of carbonyl (C=O) groups excluding carboxylic acids is 2. The van der Waals surface area contributed by atoms with Gasteiger partial charge < -0.3 is 5.32 Å². The number of anilines is 1. The Morgan fingerprint density at radius 2 is 1.90 bits per heavy atom. The quantitative estimate of drug-likeness (QED) is 0.581. The Kier molecular flexibility index (Phi) is 6.40. The molecule has 1 aliphatic rings. The topological polar surface area (TPSA) is 67.2 Å². The van der Waals surface area contributed by atoms with Crippen molar-refractivity contribution in [2.75, 3.05) is 18.4 Å². The fourth-order valence-electron chi connectivity index (χ4n) is 3.90. The van der Waals surface area contributed by atoms with Crippen molar-refractivity contribution in [3.8, 4) is 0 Å². The van der Waals surface area contributed by atoms with Crippen molar-refractivity contribution in [1.82, 2.24) is 14.7 Å². The molecule has 0 saturated carbocycles. The number of rotatable bonds is 7. The first-order valence-corrected chi connectivity index (χ1v) is 11.1. The summed E-state index contributed by atoms with van der Waals surface area (Å²) in [5, 5.41) is 9.58. The molecule has 3 heterocycles. The number of carbonyl (C=O) groups is 2. The molecule has 1 aliphatic heterocycles. The maximum atomic E-state index is 12.4. The largest absolute Gasteiger partial charge is 0.311 e. The van der Waals surface area contributed by atoms with E-state index in [2.05, 4.69) is 20.7 Å². The molecule has 1 aromatic carbocycles. The van der Waals surface area contributed by atoms with Gasteiger partial charge in [0.1, 0.15) is 5.82 Å². The number of Topliss-reactive ketones (excluding diaryl/α,β-unsaturated/α-hetero) is 1. The van der Waals surface area contributed by atoms with Crippen molar-refractivity contribution in [2.24, 2.45) is 0 Å². The Balaban J connectivity index is 1.31. The van der Waals surface area contributed by atoms with Crippen molar-refractivity contribution < 1.29 is 9.59 Å². The molecule has 0 radical (unpaired) electrons. The van der Waals surface area contributed by atoms with Gasteiger partial charge in [0.15, 0.2) is 5.78 Å². The molecule has 4 rings (SSSR count). The van der Waals surface area contributed by atoms with E-state index in [1.165, 1.54) is 16.9 Å². The van der Waals surface area contributed by atoms with Crippen LogP contribution < -0.4 is 5.32 Å². The third-order valence-corrected chi connectivity index (χ3v) is 6.54. The first-order chi connectivity index (χ1) is 14.6. The molecule has 7 heteroatoms. The highest BCUT2D eigenvalue weighted by molar-refractivity contribution is 7.12. The molecule has 0 bridgehead atoms. The number of piperidine rings is 1. The Hall–Kier alpha value is -2.77. The highest BCUT2D eigenvalue weighted by Gasteiger charge is 2.23. The lowest BCUT2D eigenvalue weighted by Gasteiger charge is -2.32. The molecule has 0 atom stereocenters. The first kappa shape index (κ1) is 20.5. The fraction of sp³-hybridized carbons (Fsp3) is 0.348. The van der Waals surface area contributed by atoms with Crippen LogP contribution in [0.15, 0.2) is 54.0 Å². The summed E-state index contributed by atoms with van der Waals surface area (Å²) in [4.78, 5) is 27.2. The Morgan fingerprint density at radius 1 is 1.13 bits per heavy atom. The minimum atomic E-state index is -0.0286. The Morgan fingerprint density at radius 3 is 2.60 bits per heavy atom. The second-order valence-electron chi connectivity index (χ2n) is 7.75. The molecule has 2 aromatic heterocycles. The predicted molar refractivity (Wildman–Crippen MR) is 119 cm³/mol. The molecule has 1 fully saturated rings. The molecule has 156 valence electrons. The monoisotopic (exact) mass is 422 g/mol. The van der Waals surface area contributed by atoms with Gasteiger partial charge >= 0.3 is 0 Å². The van der Waals surface area contributed by atoms with Gasteiger partial charge in [-0.15, -0.1) is 11.3 Å². The normalized spacial score (nSPS) is 15.2. The van der Waals surface area contributed by atoms with E-state index in [0.29, 0.717) is 6.42 Å². The zero-order valence-electron chi connectivity index (χ0n) is 17.1. The molecule has 6 nitrogen and oxygen atoms in total. The van der Waals surface area contributed by atoms with Gasteiger partial charge in [-0.25, -0.2) is 4.68 Å². The summed E-state index contributed by atoms with van der Waals surface area (Å²) in [6.45, 7) is 4.41. The average molecular weight is 423 g/mol. The Bertz CT molecular complexity index is 1000. The summed E-state index contributed by atoms with van der Waals surface area (Å²) in [5.74, 6) is 0.864. The number of nitrogens with one attached hydrogen (secondary N) is 1. The zero-order valence-corrected chi connectivity index (χ0v) is 17.9. The molecule has 3 aromatic rings. The van der Waals surface area contributed by atoms with Gasteiger partial charge in [-0.2, -0.15) is 5.10 Å². The van der Waals surface area contributed by atoms with Crippen molar-refractivity contribution in [3.63, 3.8) is 0 Å². The van der Waals surface area contributed by atoms with Gasteiger partial charge in [-0.3, -0.25) is 14.5 Å². The van der Waals surface area contributed by atoms with E-state index in [1.807, 2.05) is 47.1 Å². The highest BCUT2D eigenvalue weighted by atomic mass is 32.1. The third kappa shape index (κ3) is 5.04. The fourth-order valence-corrected chi connectivity index (χ4v) is 4.70. The van der Waals surface area contributed by atoms with Crippen LogP contribution in [0.4, 0.5) is 5.82 Å². The van der Waals surface area contributed by atoms with E-state index >= 15 is 0 Å². The number of aromatic nitrogens is 2. The average Bonchev–Trinajstić information content (AvgIpc) is 3.39. The van der Waals surface area contributed by atoms with Crippen LogP contribution in [0.2, 0.25) is 0 Å². The van der Waals surface area contributed by atoms with Crippen LogP contribution in [-0.4, -0.2) is 39.5 Å². The SMILES string of the molecule is CC(=O)c1cc(CN2CCC(n3nccc3NC(=O)Cc3ccccc3)CC2)cs1. The third-order valence-electron chi connectivity index (χ3n) is 5.46. The summed E-state index contributed by atoms with van der Waals surface area (Å²) in [6.07, 6.45) is 4.06. The second kappa shape index (κ2) is 9.36. The first-order valence-electron chi connectivity index (χ1n) is 10.3. The number of thiophene rings is 1. The van der Waals surface area contributed by atoms with Gasteiger partial charge in [0.05, 0.1) is 23.5 Å². The van der Waals surface area contributed by atoms with E-state index in [9.17, 15) is 9.59 Å². The molecule has 0 unspecified atom stereocenters. The van der Waals surface area contributed by atoms with Crippen LogP contribution >= 0.6 is 11.3 Å². The molecule has 30 heavy (non-hydrogen) atoms. The lowest BCUT2D eigenvalue weighted by molar-refractivity contribution is -0.115. The number of amides is 1. The van der Waals surface area contributed by atoms with Gasteiger partial charge in [0.25, 0.3) is 0 Å². The molecule has 1 N–H and O–H groups in total. The molecule has 0 aliphatic carbocycles. The van der Waals surface area contributed by atoms with E-state index in [1.54, 1.807) is 13.1 Å². The van der Waals surface area contributed by atoms with Gasteiger partial charge in [-0.05, 0) is 42.3 Å². The number of hydrogen-bond donors (Lipinski definition) is 1. The van der Waals surface area contributed by atoms with Gasteiger partial charge in [-0.1, -0.05) is 30.3 Å². The van der Waals surface area contributed by atoms with Crippen molar-refractivity contribution in [1.29, 1.82) is 0 Å². The molecular formula is C23H26N4O2S. The molecule has 0 spiro atoms. The summed E-state index contributed by atoms with van der Waals surface area (Å²) >= 11 is 1.52. The number of ketones is 1. The van der Waals surface area contributed by atoms with Crippen molar-refractivity contribution in [2.45, 2.75) is 38.8 Å². The van der Waals surface area contributed by atoms with Crippen molar-refractivity contribution >= 4 is 28.8 Å². The summed E-state index contributed by atoms with van der Waals surface area (Å²) in [7, 11) is 0. The predicted octanol–water partition coefficient (Wildman–Crippen LogP) is 4.17. The molecular weight excluding hydrogens is 396 g/mol. The van der Waals surface area contributed by atoms with Gasteiger partial charge in [0, 0.05) is 25.7 Å². The van der Waals surface area contributed by atoms with E-state index in [4.69, 9.17) is 0 Å². The zero-order chi connectivity index (χ0) is 20.9. The standard InChI is InChI=1S/C23H26N4O2S/c1-17(28)21-13-19(16-30-21)15-26-11-8-20(9-12-26)27-22(7-10-24-27)25-23(29)14-18-5-3-2-4-6-18/h2-7,10,13,16,20H,8-9,11-12,14-15H2,1H3,(H,25,29). The maximum Gasteiger partial charge on any atom is 0.229 e. The van der Waals surface area contributed by atoms with Crippen LogP contribution in [0.1, 0.15) is 46.6 Å². The molecule has 1 saturated heterocycles. The van der Waals surface area contributed by atoms with Crippen LogP contribution in [0.25, 0.3) is 0 Å². The summed E-state index contributed by atoms with van der Waals surface area (Å²) in [5.41, 5.74) is 2.20. The number of nitrogens with zero attached hydrogens (tertiary/aromatic N) is 3. The summed E-state index contributed by atoms with van der Waals surface area (Å²) < 4.78 is 1.96. The summed E-state index contributed by atoms with van der Waals surface area (Å²) in [6, 6.07) is 13.9. The van der Waals surface area contributed by atoms with Crippen LogP contribution in [0.3, 0.4) is 0 Å². The van der Waals surface area contributed by atoms with Crippen LogP contribution in [0.5, 0.6) is 0 Å². The highest BCUT2D eigenvalue weighted by Crippen LogP contribution is 2.27. The lowest BCUT2D eigenvalue weighted by atomic mass is 10.0. The maximum absolute atomic E-state index is 12.4. The van der Waals surface area contributed by atoms with Crippen LogP contribution in [-0.2, 0) is 17.8 Å². The van der Waals surface area contributed by atoms with Crippen molar-refractivity contribution in [3.05, 3.63) is 70.0 Å². The van der Waals surface area contributed by atoms with E-state index in [0.717, 1.165) is 48.7 Å². The van der Waals surface area contributed by atoms with Gasteiger partial charge in [0.2, 0.25) is 5.91 Å². The van der Waals surface area contributed by atoms with E-state index < -0.39 is 0 Å². The van der Waals surface area contributed by atoms with Crippen LogP contribution in [0, 0.1) is 0 Å². The number of hydrogen-bond acceptors (Lipinski definition) is 5. The second-order valence-corrected chi connectivity index (χ2v) is 8.67. The Labute approximate surface area is 180 Å². The number of likely N-dealkylation sites (tertiary alicyclic amines) is 1. The lowest BCUT2D eigenvalue weighted by Crippen LogP contribution is -2.35. The minimum Gasteiger partial charge on any atom is -0.311 e. The van der Waals surface area contributed by atoms with E-state index in [-0.39, 0.29) is 17.7 Å².